The molecule has 3 aliphatic heterocycles. The average molecular weight is 387 g/mol. The van der Waals surface area contributed by atoms with Crippen molar-refractivity contribution in [2.75, 3.05) is 20.9 Å². The highest BCUT2D eigenvalue weighted by Crippen LogP contribution is 2.63. The minimum Gasteiger partial charge on any atom is -0.454 e. The summed E-state index contributed by atoms with van der Waals surface area (Å²) in [5.41, 5.74) is 0.0820. The summed E-state index contributed by atoms with van der Waals surface area (Å²) in [4.78, 5) is 26.5. The number of rotatable bonds is 2. The summed E-state index contributed by atoms with van der Waals surface area (Å²) >= 11 is 1.32. The number of likely N-dealkylation sites (N-methyl/N-ethyl adjacent to an activating group) is 2. The Kier molecular flexibility index (Phi) is 3.78. The number of nitriles is 1. The molecule has 3 aliphatic rings. The van der Waals surface area contributed by atoms with E-state index in [9.17, 15) is 14.9 Å². The van der Waals surface area contributed by atoms with Crippen LogP contribution in [0, 0.1) is 16.7 Å². The molecule has 0 aromatic heterocycles. The van der Waals surface area contributed by atoms with E-state index in [-0.39, 0.29) is 18.7 Å². The standard InChI is InChI=1S/C19H21N3O4S/c1-17(9-20)8-19(16(24)22(4)18(2,10-23)27-19)21(3)15(17)12-5-6-13-14(7-12)26-11-25-13/h5-7,10,15H,8,11H2,1-4H3/t15?,17-,18?,19?/m1/s1. The number of likely N-dealkylation sites (tertiary alicyclic amines) is 1. The largest absolute Gasteiger partial charge is 0.454 e. The zero-order valence-electron chi connectivity index (χ0n) is 15.7. The highest BCUT2D eigenvalue weighted by molar-refractivity contribution is 8.03. The van der Waals surface area contributed by atoms with Gasteiger partial charge in [0.25, 0.3) is 5.91 Å². The molecule has 142 valence electrons. The molecule has 4 rings (SSSR count). The van der Waals surface area contributed by atoms with Crippen LogP contribution in [0.15, 0.2) is 18.2 Å². The number of hydrogen-bond acceptors (Lipinski definition) is 7. The molecular weight excluding hydrogens is 366 g/mol. The Bertz CT molecular complexity index is 886. The second-order valence-corrected chi connectivity index (χ2v) is 9.46. The number of fused-ring (bicyclic) bond motifs is 1. The van der Waals surface area contributed by atoms with Crippen LogP contribution in [0.25, 0.3) is 0 Å². The summed E-state index contributed by atoms with van der Waals surface area (Å²) in [5, 5.41) is 10.0. The fourth-order valence-corrected chi connectivity index (χ4v) is 6.28. The van der Waals surface area contributed by atoms with Crippen LogP contribution in [-0.4, -0.2) is 52.6 Å². The second kappa shape index (κ2) is 5.63. The topological polar surface area (TPSA) is 82.9 Å². The van der Waals surface area contributed by atoms with Gasteiger partial charge in [-0.1, -0.05) is 17.8 Å². The summed E-state index contributed by atoms with van der Waals surface area (Å²) in [6.45, 7) is 3.79. The van der Waals surface area contributed by atoms with Crippen molar-refractivity contribution < 1.29 is 19.1 Å². The van der Waals surface area contributed by atoms with Crippen molar-refractivity contribution in [2.24, 2.45) is 5.41 Å². The summed E-state index contributed by atoms with van der Waals surface area (Å²) < 4.78 is 10.9. The van der Waals surface area contributed by atoms with Crippen molar-refractivity contribution in [3.8, 4) is 17.6 Å². The van der Waals surface area contributed by atoms with E-state index in [1.165, 1.54) is 16.7 Å². The lowest BCUT2D eigenvalue weighted by molar-refractivity contribution is -0.138. The lowest BCUT2D eigenvalue weighted by Crippen LogP contribution is -2.47. The smallest absolute Gasteiger partial charge is 0.254 e. The third-order valence-electron chi connectivity index (χ3n) is 6.03. The number of nitrogens with zero attached hydrogens (tertiary/aromatic N) is 3. The van der Waals surface area contributed by atoms with E-state index in [1.54, 1.807) is 14.0 Å². The molecule has 0 N–H and O–H groups in total. The maximum absolute atomic E-state index is 13.2. The van der Waals surface area contributed by atoms with E-state index in [1.807, 2.05) is 37.1 Å². The van der Waals surface area contributed by atoms with Gasteiger partial charge in [0, 0.05) is 13.5 Å². The summed E-state index contributed by atoms with van der Waals surface area (Å²) in [5.74, 6) is 1.17. The van der Waals surface area contributed by atoms with Gasteiger partial charge in [-0.3, -0.25) is 14.5 Å². The minimum absolute atomic E-state index is 0.144. The lowest BCUT2D eigenvalue weighted by atomic mass is 9.79. The van der Waals surface area contributed by atoms with Gasteiger partial charge in [0.2, 0.25) is 6.79 Å². The monoisotopic (exact) mass is 387 g/mol. The quantitative estimate of drug-likeness (QED) is 0.719. The summed E-state index contributed by atoms with van der Waals surface area (Å²) in [6, 6.07) is 7.73. The maximum atomic E-state index is 13.2. The van der Waals surface area contributed by atoms with Gasteiger partial charge in [-0.25, -0.2) is 0 Å². The zero-order valence-corrected chi connectivity index (χ0v) is 16.5. The van der Waals surface area contributed by atoms with Gasteiger partial charge in [0.05, 0.1) is 17.5 Å². The van der Waals surface area contributed by atoms with Gasteiger partial charge in [-0.2, -0.15) is 5.26 Å². The minimum atomic E-state index is -0.962. The first-order valence-corrected chi connectivity index (χ1v) is 9.51. The average Bonchev–Trinajstić information content (AvgIpc) is 3.26. The van der Waals surface area contributed by atoms with E-state index >= 15 is 0 Å². The van der Waals surface area contributed by atoms with Crippen LogP contribution in [0.2, 0.25) is 0 Å². The van der Waals surface area contributed by atoms with Gasteiger partial charge in [-0.15, -0.1) is 0 Å². The van der Waals surface area contributed by atoms with Crippen LogP contribution >= 0.6 is 11.8 Å². The number of aldehydes is 1. The van der Waals surface area contributed by atoms with Crippen molar-refractivity contribution >= 4 is 24.0 Å². The molecule has 0 bridgehead atoms. The lowest BCUT2D eigenvalue weighted by Gasteiger charge is -2.33. The maximum Gasteiger partial charge on any atom is 0.254 e. The molecule has 7 nitrogen and oxygen atoms in total. The number of hydrogen-bond donors (Lipinski definition) is 0. The Hall–Kier alpha value is -2.24. The second-order valence-electron chi connectivity index (χ2n) is 7.76. The predicted molar refractivity (Wildman–Crippen MR) is 99.0 cm³/mol. The van der Waals surface area contributed by atoms with E-state index < -0.39 is 15.2 Å². The fourth-order valence-electron chi connectivity index (χ4n) is 4.49. The molecule has 3 heterocycles. The highest BCUT2D eigenvalue weighted by Gasteiger charge is 2.68. The molecule has 1 aromatic carbocycles. The van der Waals surface area contributed by atoms with Crippen molar-refractivity contribution in [2.45, 2.75) is 36.1 Å². The molecule has 0 radical (unpaired) electrons. The van der Waals surface area contributed by atoms with Crippen molar-refractivity contribution in [1.29, 1.82) is 5.26 Å². The third kappa shape index (κ3) is 2.25. The van der Waals surface area contributed by atoms with Crippen molar-refractivity contribution in [3.05, 3.63) is 23.8 Å². The van der Waals surface area contributed by atoms with E-state index in [2.05, 4.69) is 6.07 Å². The van der Waals surface area contributed by atoms with E-state index in [0.29, 0.717) is 17.9 Å². The van der Waals surface area contributed by atoms with E-state index in [4.69, 9.17) is 9.47 Å². The summed E-state index contributed by atoms with van der Waals surface area (Å²) in [7, 11) is 3.50. The Balaban J connectivity index is 1.81. The van der Waals surface area contributed by atoms with Crippen molar-refractivity contribution in [1.82, 2.24) is 9.80 Å². The SMILES string of the molecule is CN1C(=O)C2(C[C@](C)(C#N)C(c3ccc4c(c3)OCO4)N2C)SC1(C)C=O. The zero-order chi connectivity index (χ0) is 19.6. The fraction of sp³-hybridized carbons (Fsp3) is 0.526. The van der Waals surface area contributed by atoms with Crippen LogP contribution < -0.4 is 9.47 Å². The molecule has 1 aromatic rings. The number of thioether (sulfide) groups is 1. The molecule has 3 unspecified atom stereocenters. The van der Waals surface area contributed by atoms with Gasteiger partial charge >= 0.3 is 0 Å². The van der Waals surface area contributed by atoms with Crippen LogP contribution in [0.5, 0.6) is 11.5 Å². The highest BCUT2D eigenvalue weighted by atomic mass is 32.2. The number of carbonyl (C=O) groups is 2. The first-order valence-electron chi connectivity index (χ1n) is 8.69. The summed E-state index contributed by atoms with van der Waals surface area (Å²) in [6.07, 6.45) is 1.14. The van der Waals surface area contributed by atoms with Gasteiger partial charge < -0.3 is 14.4 Å². The molecule has 0 aliphatic carbocycles. The van der Waals surface area contributed by atoms with Crippen LogP contribution in [-0.2, 0) is 9.59 Å². The van der Waals surface area contributed by atoms with Crippen LogP contribution in [0.3, 0.4) is 0 Å². The molecule has 27 heavy (non-hydrogen) atoms. The first-order chi connectivity index (χ1) is 12.7. The number of benzene rings is 1. The Morgan fingerprint density at radius 2 is 2.00 bits per heavy atom. The number of carbonyl (C=O) groups excluding carboxylic acids is 2. The predicted octanol–water partition coefficient (Wildman–Crippen LogP) is 2.14. The number of ether oxygens (including phenoxy) is 2. The molecule has 4 atom stereocenters. The molecular formula is C19H21N3O4S. The van der Waals surface area contributed by atoms with Gasteiger partial charge in [0.1, 0.15) is 4.87 Å². The van der Waals surface area contributed by atoms with Crippen molar-refractivity contribution in [3.63, 3.8) is 0 Å². The Labute approximate surface area is 162 Å². The molecule has 8 heteroatoms. The molecule has 2 saturated heterocycles. The van der Waals surface area contributed by atoms with Gasteiger partial charge in [0.15, 0.2) is 22.7 Å². The number of amides is 1. The van der Waals surface area contributed by atoms with E-state index in [0.717, 1.165) is 11.8 Å². The Morgan fingerprint density at radius 3 is 2.63 bits per heavy atom. The first kappa shape index (κ1) is 18.1. The molecule has 1 amide bonds. The molecule has 0 saturated carbocycles. The Morgan fingerprint density at radius 1 is 1.30 bits per heavy atom. The van der Waals surface area contributed by atoms with Crippen LogP contribution in [0.4, 0.5) is 0 Å². The van der Waals surface area contributed by atoms with Crippen LogP contribution in [0.1, 0.15) is 31.9 Å². The normalized spacial score (nSPS) is 37.8. The molecule has 2 fully saturated rings. The van der Waals surface area contributed by atoms with Gasteiger partial charge in [-0.05, 0) is 38.6 Å². The third-order valence-corrected chi connectivity index (χ3v) is 7.76. The molecule has 1 spiro atoms.